The Labute approximate surface area is 191 Å². The van der Waals surface area contributed by atoms with Crippen molar-refractivity contribution in [2.45, 2.75) is 20.1 Å². The van der Waals surface area contributed by atoms with Gasteiger partial charge in [0.15, 0.2) is 11.5 Å². The fraction of sp³-hybridized carbons (Fsp3) is 0.154. The largest absolute Gasteiger partial charge is 0.490 e. The summed E-state index contributed by atoms with van der Waals surface area (Å²) in [6.45, 7) is 3.08. The Kier molecular flexibility index (Phi) is 6.92. The molecule has 0 bridgehead atoms. The molecule has 0 atom stereocenters. The first-order chi connectivity index (χ1) is 15.6. The molecular weight excluding hydrogens is 422 g/mol. The van der Waals surface area contributed by atoms with Crippen LogP contribution in [0.15, 0.2) is 83.8 Å². The number of carbonyl (C=O) groups excluding carboxylic acids is 2. The van der Waals surface area contributed by atoms with E-state index in [0.717, 1.165) is 28.5 Å². The summed E-state index contributed by atoms with van der Waals surface area (Å²) >= 11 is 0.953. The molecule has 1 aliphatic heterocycles. The van der Waals surface area contributed by atoms with Gasteiger partial charge in [0.1, 0.15) is 6.61 Å². The van der Waals surface area contributed by atoms with E-state index >= 15 is 0 Å². The van der Waals surface area contributed by atoms with Crippen LogP contribution in [0.2, 0.25) is 0 Å². The highest BCUT2D eigenvalue weighted by atomic mass is 32.2. The van der Waals surface area contributed by atoms with Crippen LogP contribution in [0.5, 0.6) is 11.5 Å². The lowest BCUT2D eigenvalue weighted by atomic mass is 10.1. The zero-order chi connectivity index (χ0) is 22.3. The number of hydrogen-bond donors (Lipinski definition) is 0. The summed E-state index contributed by atoms with van der Waals surface area (Å²) in [5.41, 5.74) is 2.74. The van der Waals surface area contributed by atoms with Crippen LogP contribution < -0.4 is 9.47 Å². The van der Waals surface area contributed by atoms with E-state index in [1.54, 1.807) is 6.08 Å². The molecule has 2 amide bonds. The highest BCUT2D eigenvalue weighted by Crippen LogP contribution is 2.35. The highest BCUT2D eigenvalue weighted by molar-refractivity contribution is 8.18. The van der Waals surface area contributed by atoms with Crippen LogP contribution in [-0.2, 0) is 17.9 Å². The van der Waals surface area contributed by atoms with Gasteiger partial charge in [0, 0.05) is 0 Å². The van der Waals surface area contributed by atoms with Crippen molar-refractivity contribution in [3.05, 3.63) is 100 Å². The molecule has 162 valence electrons. The number of benzene rings is 3. The van der Waals surface area contributed by atoms with Crippen LogP contribution in [0, 0.1) is 0 Å². The van der Waals surface area contributed by atoms with E-state index in [2.05, 4.69) is 0 Å². The van der Waals surface area contributed by atoms with E-state index < -0.39 is 0 Å². The standard InChI is InChI=1S/C26H23NO4S/c1-2-30-23-15-21(13-14-22(23)31-18-20-11-7-4-8-12-20)16-24-25(28)27(26(29)32-24)17-19-9-5-3-6-10-19/h3-16H,2,17-18H2,1H3/b24-16+. The molecule has 0 radical (unpaired) electrons. The minimum absolute atomic E-state index is 0.263. The summed E-state index contributed by atoms with van der Waals surface area (Å²) in [5.74, 6) is 0.942. The van der Waals surface area contributed by atoms with Crippen molar-refractivity contribution in [3.8, 4) is 11.5 Å². The summed E-state index contributed by atoms with van der Waals surface area (Å²) < 4.78 is 11.7. The van der Waals surface area contributed by atoms with E-state index in [9.17, 15) is 9.59 Å². The van der Waals surface area contributed by atoms with Gasteiger partial charge < -0.3 is 9.47 Å². The molecule has 1 heterocycles. The molecule has 3 aromatic rings. The van der Waals surface area contributed by atoms with Gasteiger partial charge in [0.2, 0.25) is 0 Å². The molecule has 1 fully saturated rings. The number of imide groups is 1. The van der Waals surface area contributed by atoms with Gasteiger partial charge in [-0.3, -0.25) is 14.5 Å². The Balaban J connectivity index is 1.51. The van der Waals surface area contributed by atoms with Gasteiger partial charge in [0.05, 0.1) is 18.1 Å². The second kappa shape index (κ2) is 10.2. The van der Waals surface area contributed by atoms with Crippen molar-refractivity contribution < 1.29 is 19.1 Å². The van der Waals surface area contributed by atoms with Crippen LogP contribution in [-0.4, -0.2) is 22.7 Å². The number of amides is 2. The fourth-order valence-electron chi connectivity index (χ4n) is 3.29. The van der Waals surface area contributed by atoms with Crippen molar-refractivity contribution in [2.24, 2.45) is 0 Å². The zero-order valence-electron chi connectivity index (χ0n) is 17.7. The molecule has 4 rings (SSSR count). The molecule has 0 unspecified atom stereocenters. The second-order valence-corrected chi connectivity index (χ2v) is 8.16. The van der Waals surface area contributed by atoms with E-state index in [0.29, 0.717) is 29.6 Å². The van der Waals surface area contributed by atoms with Gasteiger partial charge in [-0.05, 0) is 53.6 Å². The third-order valence-electron chi connectivity index (χ3n) is 4.86. The topological polar surface area (TPSA) is 55.8 Å². The van der Waals surface area contributed by atoms with E-state index in [1.807, 2.05) is 85.8 Å². The maximum absolute atomic E-state index is 12.8. The Morgan fingerprint density at radius 2 is 1.53 bits per heavy atom. The van der Waals surface area contributed by atoms with E-state index in [4.69, 9.17) is 9.47 Å². The van der Waals surface area contributed by atoms with Gasteiger partial charge in [-0.1, -0.05) is 66.7 Å². The Morgan fingerprint density at radius 3 is 2.22 bits per heavy atom. The van der Waals surface area contributed by atoms with E-state index in [-0.39, 0.29) is 17.7 Å². The summed E-state index contributed by atoms with van der Waals surface area (Å²) in [5, 5.41) is -0.266. The first kappa shape index (κ1) is 21.7. The lowest BCUT2D eigenvalue weighted by Gasteiger charge is -2.13. The Hall–Kier alpha value is -3.51. The molecule has 5 nitrogen and oxygen atoms in total. The SMILES string of the molecule is CCOc1cc(/C=C2/SC(=O)N(Cc3ccccc3)C2=O)ccc1OCc1ccccc1. The van der Waals surface area contributed by atoms with Crippen LogP contribution in [0.25, 0.3) is 6.08 Å². The fourth-order valence-corrected chi connectivity index (χ4v) is 4.13. The third-order valence-corrected chi connectivity index (χ3v) is 5.77. The van der Waals surface area contributed by atoms with Crippen LogP contribution in [0.1, 0.15) is 23.6 Å². The summed E-state index contributed by atoms with van der Waals surface area (Å²) in [4.78, 5) is 26.9. The molecule has 0 N–H and O–H groups in total. The molecular formula is C26H23NO4S. The first-order valence-electron chi connectivity index (χ1n) is 10.4. The normalized spacial score (nSPS) is 14.8. The lowest BCUT2D eigenvalue weighted by Crippen LogP contribution is -2.27. The molecule has 0 saturated carbocycles. The molecule has 6 heteroatoms. The Morgan fingerprint density at radius 1 is 0.844 bits per heavy atom. The quantitative estimate of drug-likeness (QED) is 0.404. The predicted molar refractivity (Wildman–Crippen MR) is 126 cm³/mol. The molecule has 32 heavy (non-hydrogen) atoms. The molecule has 1 saturated heterocycles. The number of carbonyl (C=O) groups is 2. The maximum atomic E-state index is 12.8. The molecule has 0 spiro atoms. The first-order valence-corrected chi connectivity index (χ1v) is 11.2. The average molecular weight is 446 g/mol. The van der Waals surface area contributed by atoms with Crippen molar-refractivity contribution in [3.63, 3.8) is 0 Å². The summed E-state index contributed by atoms with van der Waals surface area (Å²) in [6, 6.07) is 24.9. The van der Waals surface area contributed by atoms with Crippen molar-refractivity contribution in [1.82, 2.24) is 4.90 Å². The van der Waals surface area contributed by atoms with E-state index in [1.165, 1.54) is 4.90 Å². The molecule has 0 aromatic heterocycles. The van der Waals surface area contributed by atoms with Gasteiger partial charge in [-0.2, -0.15) is 0 Å². The maximum Gasteiger partial charge on any atom is 0.293 e. The van der Waals surface area contributed by atoms with Gasteiger partial charge in [-0.25, -0.2) is 0 Å². The third kappa shape index (κ3) is 5.21. The monoisotopic (exact) mass is 445 g/mol. The van der Waals surface area contributed by atoms with Crippen LogP contribution >= 0.6 is 11.8 Å². The summed E-state index contributed by atoms with van der Waals surface area (Å²) in [7, 11) is 0. The Bertz CT molecular complexity index is 1130. The summed E-state index contributed by atoms with van der Waals surface area (Å²) in [6.07, 6.45) is 1.72. The number of hydrogen-bond acceptors (Lipinski definition) is 5. The van der Waals surface area contributed by atoms with Gasteiger partial charge in [-0.15, -0.1) is 0 Å². The predicted octanol–water partition coefficient (Wildman–Crippen LogP) is 5.90. The molecule has 0 aliphatic carbocycles. The average Bonchev–Trinajstić information content (AvgIpc) is 3.07. The lowest BCUT2D eigenvalue weighted by molar-refractivity contribution is -0.123. The van der Waals surface area contributed by atoms with Crippen LogP contribution in [0.4, 0.5) is 4.79 Å². The van der Waals surface area contributed by atoms with Gasteiger partial charge >= 0.3 is 0 Å². The number of ether oxygens (including phenoxy) is 2. The number of rotatable bonds is 8. The molecule has 3 aromatic carbocycles. The molecule has 1 aliphatic rings. The minimum atomic E-state index is -0.286. The number of thioether (sulfide) groups is 1. The number of nitrogens with zero attached hydrogens (tertiary/aromatic N) is 1. The zero-order valence-corrected chi connectivity index (χ0v) is 18.5. The smallest absolute Gasteiger partial charge is 0.293 e. The van der Waals surface area contributed by atoms with Crippen LogP contribution in [0.3, 0.4) is 0 Å². The van der Waals surface area contributed by atoms with Crippen molar-refractivity contribution >= 4 is 29.0 Å². The second-order valence-electron chi connectivity index (χ2n) is 7.17. The van der Waals surface area contributed by atoms with Crippen molar-refractivity contribution in [1.29, 1.82) is 0 Å². The minimum Gasteiger partial charge on any atom is -0.490 e. The highest BCUT2D eigenvalue weighted by Gasteiger charge is 2.35. The van der Waals surface area contributed by atoms with Crippen molar-refractivity contribution in [2.75, 3.05) is 6.61 Å². The van der Waals surface area contributed by atoms with Gasteiger partial charge in [0.25, 0.3) is 11.1 Å².